The van der Waals surface area contributed by atoms with Crippen molar-refractivity contribution < 1.29 is 32.2 Å². The van der Waals surface area contributed by atoms with E-state index < -0.39 is 22.1 Å². The fraction of sp³-hybridized carbons (Fsp3) is 0.300. The number of ether oxygens (including phenoxy) is 3. The summed E-state index contributed by atoms with van der Waals surface area (Å²) in [6, 6.07) is 10.1. The largest absolute Gasteiger partial charge is 0.486 e. The number of esters is 1. The van der Waals surface area contributed by atoms with Crippen molar-refractivity contribution in [1.29, 1.82) is 0 Å². The zero-order valence-corrected chi connectivity index (χ0v) is 17.6. The van der Waals surface area contributed by atoms with E-state index in [9.17, 15) is 18.0 Å². The fourth-order valence-electron chi connectivity index (χ4n) is 2.72. The van der Waals surface area contributed by atoms with Gasteiger partial charge in [0.15, 0.2) is 17.6 Å². The molecule has 0 saturated carbocycles. The van der Waals surface area contributed by atoms with E-state index in [1.807, 2.05) is 0 Å². The lowest BCUT2D eigenvalue weighted by Crippen LogP contribution is -2.34. The minimum Gasteiger partial charge on any atom is -0.486 e. The molecule has 1 amide bonds. The standard InChI is InChI=1S/C20H22N2O7S/c1-13(19(23)22(2)3)29-20(24)14-4-6-15(7-5-14)21-30(25,26)16-8-9-17-18(12-16)28-11-10-27-17/h4-9,12-13,21H,10-11H2,1-3H3. The number of likely N-dealkylation sites (N-methyl/N-ethyl adjacent to an activating group) is 1. The van der Waals surface area contributed by atoms with Gasteiger partial charge in [-0.15, -0.1) is 0 Å². The first-order valence-corrected chi connectivity index (χ1v) is 10.6. The number of carbonyl (C=O) groups excluding carboxylic acids is 2. The molecule has 1 atom stereocenters. The van der Waals surface area contributed by atoms with Gasteiger partial charge in [0, 0.05) is 25.8 Å². The number of fused-ring (bicyclic) bond motifs is 1. The molecule has 1 unspecified atom stereocenters. The summed E-state index contributed by atoms with van der Waals surface area (Å²) in [6.07, 6.45) is -0.930. The van der Waals surface area contributed by atoms with Crippen molar-refractivity contribution in [2.24, 2.45) is 0 Å². The Bertz CT molecular complexity index is 1050. The van der Waals surface area contributed by atoms with Gasteiger partial charge in [0.05, 0.1) is 10.5 Å². The van der Waals surface area contributed by atoms with Crippen molar-refractivity contribution in [3.63, 3.8) is 0 Å². The third-order valence-electron chi connectivity index (χ3n) is 4.27. The summed E-state index contributed by atoms with van der Waals surface area (Å²) in [6.45, 7) is 2.24. The highest BCUT2D eigenvalue weighted by atomic mass is 32.2. The highest BCUT2D eigenvalue weighted by Crippen LogP contribution is 2.32. The van der Waals surface area contributed by atoms with E-state index in [2.05, 4.69) is 4.72 Å². The number of sulfonamides is 1. The second kappa shape index (κ2) is 8.62. The molecule has 0 saturated heterocycles. The molecular weight excluding hydrogens is 412 g/mol. The van der Waals surface area contributed by atoms with E-state index in [0.29, 0.717) is 24.7 Å². The van der Waals surface area contributed by atoms with E-state index in [-0.39, 0.29) is 22.1 Å². The first kappa shape index (κ1) is 21.4. The Hall–Kier alpha value is -3.27. The van der Waals surface area contributed by atoms with Gasteiger partial charge < -0.3 is 19.1 Å². The Labute approximate surface area is 174 Å². The zero-order valence-electron chi connectivity index (χ0n) is 16.7. The van der Waals surface area contributed by atoms with Crippen LogP contribution in [0.2, 0.25) is 0 Å². The molecule has 0 bridgehead atoms. The molecule has 2 aromatic rings. The van der Waals surface area contributed by atoms with Gasteiger partial charge in [-0.05, 0) is 43.3 Å². The summed E-state index contributed by atoms with van der Waals surface area (Å²) in [5.41, 5.74) is 0.453. The predicted octanol–water partition coefficient (Wildman–Crippen LogP) is 1.89. The topological polar surface area (TPSA) is 111 Å². The maximum atomic E-state index is 12.6. The number of nitrogens with one attached hydrogen (secondary N) is 1. The lowest BCUT2D eigenvalue weighted by Gasteiger charge is -2.19. The summed E-state index contributed by atoms with van der Waals surface area (Å²) in [7, 11) is -0.742. The number of benzene rings is 2. The molecular formula is C20H22N2O7S. The number of hydrogen-bond donors (Lipinski definition) is 1. The third-order valence-corrected chi connectivity index (χ3v) is 5.65. The molecule has 1 N–H and O–H groups in total. The van der Waals surface area contributed by atoms with E-state index in [1.54, 1.807) is 20.2 Å². The molecule has 3 rings (SSSR count). The number of nitrogens with zero attached hydrogens (tertiary/aromatic N) is 1. The summed E-state index contributed by atoms with van der Waals surface area (Å²) >= 11 is 0. The SMILES string of the molecule is CC(OC(=O)c1ccc(NS(=O)(=O)c2ccc3c(c2)OCCO3)cc1)C(=O)N(C)C. The molecule has 0 fully saturated rings. The van der Waals surface area contributed by atoms with Crippen molar-refractivity contribution in [3.05, 3.63) is 48.0 Å². The molecule has 10 heteroatoms. The molecule has 2 aromatic carbocycles. The van der Waals surface area contributed by atoms with Crippen LogP contribution >= 0.6 is 0 Å². The minimum atomic E-state index is -3.87. The average Bonchev–Trinajstić information content (AvgIpc) is 2.72. The van der Waals surface area contributed by atoms with Gasteiger partial charge >= 0.3 is 5.97 Å². The van der Waals surface area contributed by atoms with Crippen LogP contribution in [0.25, 0.3) is 0 Å². The Kier molecular flexibility index (Phi) is 6.16. The monoisotopic (exact) mass is 434 g/mol. The third kappa shape index (κ3) is 4.82. The predicted molar refractivity (Wildman–Crippen MR) is 108 cm³/mol. The quantitative estimate of drug-likeness (QED) is 0.691. The second-order valence-corrected chi connectivity index (χ2v) is 8.45. The first-order chi connectivity index (χ1) is 14.2. The molecule has 9 nitrogen and oxygen atoms in total. The van der Waals surface area contributed by atoms with Crippen LogP contribution in [0.5, 0.6) is 11.5 Å². The molecule has 1 aliphatic rings. The summed E-state index contributed by atoms with van der Waals surface area (Å²) in [5, 5.41) is 0. The van der Waals surface area contributed by atoms with Gasteiger partial charge in [-0.25, -0.2) is 13.2 Å². The van der Waals surface area contributed by atoms with Crippen LogP contribution in [-0.2, 0) is 19.6 Å². The Balaban J connectivity index is 1.69. The van der Waals surface area contributed by atoms with Crippen LogP contribution in [-0.4, -0.2) is 58.6 Å². The van der Waals surface area contributed by atoms with Crippen molar-refractivity contribution in [2.75, 3.05) is 32.0 Å². The molecule has 160 valence electrons. The second-order valence-electron chi connectivity index (χ2n) is 6.77. The van der Waals surface area contributed by atoms with E-state index in [4.69, 9.17) is 14.2 Å². The van der Waals surface area contributed by atoms with E-state index in [0.717, 1.165) is 0 Å². The van der Waals surface area contributed by atoms with E-state index in [1.165, 1.54) is 48.2 Å². The van der Waals surface area contributed by atoms with Gasteiger partial charge in [-0.2, -0.15) is 0 Å². The minimum absolute atomic E-state index is 0.0197. The van der Waals surface area contributed by atoms with Gasteiger partial charge in [-0.3, -0.25) is 9.52 Å². The van der Waals surface area contributed by atoms with Gasteiger partial charge in [0.25, 0.3) is 15.9 Å². The Morgan fingerprint density at radius 2 is 1.67 bits per heavy atom. The van der Waals surface area contributed by atoms with Crippen molar-refractivity contribution in [3.8, 4) is 11.5 Å². The Morgan fingerprint density at radius 1 is 1.03 bits per heavy atom. The number of hydrogen-bond acceptors (Lipinski definition) is 7. The van der Waals surface area contributed by atoms with Crippen molar-refractivity contribution in [1.82, 2.24) is 4.90 Å². The van der Waals surface area contributed by atoms with Crippen molar-refractivity contribution >= 4 is 27.6 Å². The average molecular weight is 434 g/mol. The maximum absolute atomic E-state index is 12.6. The first-order valence-electron chi connectivity index (χ1n) is 9.12. The summed E-state index contributed by atoms with van der Waals surface area (Å²) < 4.78 is 43.7. The summed E-state index contributed by atoms with van der Waals surface area (Å²) in [5.74, 6) is -0.167. The molecule has 30 heavy (non-hydrogen) atoms. The zero-order chi connectivity index (χ0) is 21.9. The van der Waals surface area contributed by atoms with Crippen LogP contribution < -0.4 is 14.2 Å². The van der Waals surface area contributed by atoms with Crippen molar-refractivity contribution in [2.45, 2.75) is 17.9 Å². The van der Waals surface area contributed by atoms with Crippen LogP contribution in [0.4, 0.5) is 5.69 Å². The molecule has 0 aromatic heterocycles. The van der Waals surface area contributed by atoms with Crippen LogP contribution in [0, 0.1) is 0 Å². The molecule has 1 aliphatic heterocycles. The smallest absolute Gasteiger partial charge is 0.338 e. The fourth-order valence-corrected chi connectivity index (χ4v) is 3.80. The number of carbonyl (C=O) groups is 2. The highest BCUT2D eigenvalue weighted by Gasteiger charge is 2.22. The number of anilines is 1. The van der Waals surface area contributed by atoms with Gasteiger partial charge in [-0.1, -0.05) is 0 Å². The lowest BCUT2D eigenvalue weighted by atomic mass is 10.2. The highest BCUT2D eigenvalue weighted by molar-refractivity contribution is 7.92. The Morgan fingerprint density at radius 3 is 2.30 bits per heavy atom. The molecule has 0 spiro atoms. The summed E-state index contributed by atoms with van der Waals surface area (Å²) in [4.78, 5) is 25.3. The van der Waals surface area contributed by atoms with Gasteiger partial charge in [0.2, 0.25) is 0 Å². The van der Waals surface area contributed by atoms with Crippen LogP contribution in [0.1, 0.15) is 17.3 Å². The molecule has 1 heterocycles. The number of rotatable bonds is 6. The van der Waals surface area contributed by atoms with E-state index >= 15 is 0 Å². The number of amides is 1. The molecule has 0 aliphatic carbocycles. The van der Waals surface area contributed by atoms with Crippen LogP contribution in [0.15, 0.2) is 47.4 Å². The lowest BCUT2D eigenvalue weighted by molar-refractivity contribution is -0.137. The maximum Gasteiger partial charge on any atom is 0.338 e. The molecule has 0 radical (unpaired) electrons. The van der Waals surface area contributed by atoms with Crippen LogP contribution in [0.3, 0.4) is 0 Å². The van der Waals surface area contributed by atoms with Gasteiger partial charge in [0.1, 0.15) is 13.2 Å². The normalized spacial score (nSPS) is 13.8.